The van der Waals surface area contributed by atoms with Gasteiger partial charge in [0.05, 0.1) is 5.69 Å². The normalized spacial score (nSPS) is 12.0. The van der Waals surface area contributed by atoms with Gasteiger partial charge in [0.25, 0.3) is 5.89 Å². The van der Waals surface area contributed by atoms with Gasteiger partial charge in [-0.1, -0.05) is 49.4 Å². The van der Waals surface area contributed by atoms with E-state index in [2.05, 4.69) is 34.2 Å². The summed E-state index contributed by atoms with van der Waals surface area (Å²) in [5.41, 5.74) is 3.70. The van der Waals surface area contributed by atoms with Crippen molar-refractivity contribution in [1.29, 1.82) is 0 Å². The van der Waals surface area contributed by atoms with Crippen molar-refractivity contribution in [2.75, 3.05) is 0 Å². The lowest BCUT2D eigenvalue weighted by Gasteiger charge is -2.08. The van der Waals surface area contributed by atoms with Crippen LogP contribution in [0.3, 0.4) is 0 Å². The molecule has 0 saturated heterocycles. The van der Waals surface area contributed by atoms with E-state index in [1.165, 1.54) is 16.9 Å². The third-order valence-corrected chi connectivity index (χ3v) is 5.87. The molecule has 0 aliphatic carbocycles. The Morgan fingerprint density at radius 3 is 2.50 bits per heavy atom. The predicted molar refractivity (Wildman–Crippen MR) is 115 cm³/mol. The molecule has 0 amide bonds. The molecular formula is C23H21N3O3S. The number of nitrogens with zero attached hydrogens (tertiary/aromatic N) is 3. The fraction of sp³-hybridized carbons (Fsp3) is 0.217. The maximum Gasteiger partial charge on any atom is 0.351 e. The number of esters is 1. The SMILES string of the molecule is CCc1ccc(-c2nc(C)c(C(=O)O[C@@H](C)c3nnc(-c4ccccc4)o3)s2)cc1. The number of benzene rings is 2. The van der Waals surface area contributed by atoms with Crippen molar-refractivity contribution in [1.82, 2.24) is 15.2 Å². The Labute approximate surface area is 178 Å². The highest BCUT2D eigenvalue weighted by molar-refractivity contribution is 7.17. The van der Waals surface area contributed by atoms with Crippen LogP contribution in [0, 0.1) is 6.92 Å². The molecule has 0 saturated carbocycles. The molecule has 0 bridgehead atoms. The van der Waals surface area contributed by atoms with Gasteiger partial charge < -0.3 is 9.15 Å². The highest BCUT2D eigenvalue weighted by Gasteiger charge is 2.23. The molecule has 2 aromatic heterocycles. The molecule has 2 aromatic carbocycles. The van der Waals surface area contributed by atoms with Gasteiger partial charge in [-0.25, -0.2) is 9.78 Å². The minimum atomic E-state index is -0.670. The third kappa shape index (κ3) is 4.16. The van der Waals surface area contributed by atoms with Gasteiger partial charge in [0.15, 0.2) is 6.10 Å². The molecule has 152 valence electrons. The monoisotopic (exact) mass is 419 g/mol. The Kier molecular flexibility index (Phi) is 5.72. The first kappa shape index (κ1) is 20.0. The Balaban J connectivity index is 1.48. The molecule has 7 heteroatoms. The van der Waals surface area contributed by atoms with E-state index in [1.54, 1.807) is 6.92 Å². The van der Waals surface area contributed by atoms with Gasteiger partial charge in [-0.05, 0) is 38.0 Å². The molecule has 0 aliphatic rings. The highest BCUT2D eigenvalue weighted by atomic mass is 32.1. The van der Waals surface area contributed by atoms with E-state index in [4.69, 9.17) is 9.15 Å². The van der Waals surface area contributed by atoms with Crippen LogP contribution in [0.4, 0.5) is 0 Å². The zero-order valence-corrected chi connectivity index (χ0v) is 17.8. The minimum Gasteiger partial charge on any atom is -0.448 e. The number of rotatable bonds is 6. The van der Waals surface area contributed by atoms with Gasteiger partial charge in [-0.15, -0.1) is 21.5 Å². The summed E-state index contributed by atoms with van der Waals surface area (Å²) in [6.45, 7) is 5.63. The lowest BCUT2D eigenvalue weighted by molar-refractivity contribution is 0.0284. The Hall–Kier alpha value is -3.32. The average molecular weight is 420 g/mol. The number of aryl methyl sites for hydroxylation is 2. The number of carbonyl (C=O) groups excluding carboxylic acids is 1. The van der Waals surface area contributed by atoms with E-state index in [1.807, 2.05) is 49.4 Å². The van der Waals surface area contributed by atoms with E-state index in [9.17, 15) is 4.79 Å². The second-order valence-electron chi connectivity index (χ2n) is 6.84. The smallest absolute Gasteiger partial charge is 0.351 e. The number of carbonyl (C=O) groups is 1. The van der Waals surface area contributed by atoms with Crippen molar-refractivity contribution in [3.63, 3.8) is 0 Å². The van der Waals surface area contributed by atoms with Crippen LogP contribution in [-0.2, 0) is 11.2 Å². The van der Waals surface area contributed by atoms with Gasteiger partial charge in [0.1, 0.15) is 9.88 Å². The van der Waals surface area contributed by atoms with Crippen LogP contribution in [0.5, 0.6) is 0 Å². The van der Waals surface area contributed by atoms with Gasteiger partial charge in [-0.2, -0.15) is 0 Å². The maximum absolute atomic E-state index is 12.7. The summed E-state index contributed by atoms with van der Waals surface area (Å²) in [7, 11) is 0. The summed E-state index contributed by atoms with van der Waals surface area (Å²) in [6.07, 6.45) is 0.310. The number of thiazole rings is 1. The lowest BCUT2D eigenvalue weighted by Crippen LogP contribution is -2.09. The van der Waals surface area contributed by atoms with E-state index < -0.39 is 12.1 Å². The predicted octanol–water partition coefficient (Wildman–Crippen LogP) is 5.65. The molecule has 0 radical (unpaired) electrons. The van der Waals surface area contributed by atoms with Crippen LogP contribution < -0.4 is 0 Å². The van der Waals surface area contributed by atoms with Gasteiger partial charge in [0, 0.05) is 11.1 Å². The fourth-order valence-corrected chi connectivity index (χ4v) is 3.91. The Morgan fingerprint density at radius 2 is 1.80 bits per heavy atom. The molecular weight excluding hydrogens is 398 g/mol. The quantitative estimate of drug-likeness (QED) is 0.376. The topological polar surface area (TPSA) is 78.1 Å². The van der Waals surface area contributed by atoms with Crippen LogP contribution in [0.15, 0.2) is 59.0 Å². The summed E-state index contributed by atoms with van der Waals surface area (Å²) in [4.78, 5) is 17.7. The molecule has 0 fully saturated rings. The van der Waals surface area contributed by atoms with Crippen molar-refractivity contribution in [2.24, 2.45) is 0 Å². The largest absolute Gasteiger partial charge is 0.448 e. The lowest BCUT2D eigenvalue weighted by atomic mass is 10.1. The summed E-state index contributed by atoms with van der Waals surface area (Å²) in [5.74, 6) is 0.188. The van der Waals surface area contributed by atoms with Crippen LogP contribution >= 0.6 is 11.3 Å². The van der Waals surface area contributed by atoms with Crippen molar-refractivity contribution in [3.05, 3.63) is 76.6 Å². The van der Waals surface area contributed by atoms with Crippen LogP contribution in [0.1, 0.15) is 46.8 Å². The van der Waals surface area contributed by atoms with Crippen LogP contribution in [0.25, 0.3) is 22.0 Å². The zero-order chi connectivity index (χ0) is 21.1. The number of hydrogen-bond donors (Lipinski definition) is 0. The van der Waals surface area contributed by atoms with Crippen molar-refractivity contribution < 1.29 is 13.9 Å². The molecule has 1 atom stereocenters. The van der Waals surface area contributed by atoms with E-state index in [0.717, 1.165) is 22.6 Å². The summed E-state index contributed by atoms with van der Waals surface area (Å²) < 4.78 is 11.3. The highest BCUT2D eigenvalue weighted by Crippen LogP contribution is 2.30. The zero-order valence-electron chi connectivity index (χ0n) is 17.0. The van der Waals surface area contributed by atoms with Gasteiger partial charge >= 0.3 is 5.97 Å². The molecule has 4 rings (SSSR count). The first-order chi connectivity index (χ1) is 14.5. The first-order valence-electron chi connectivity index (χ1n) is 9.71. The Morgan fingerprint density at radius 1 is 1.07 bits per heavy atom. The van der Waals surface area contributed by atoms with Gasteiger partial charge in [0.2, 0.25) is 5.89 Å². The molecule has 0 spiro atoms. The van der Waals surface area contributed by atoms with Crippen molar-refractivity contribution in [2.45, 2.75) is 33.3 Å². The second-order valence-corrected chi connectivity index (χ2v) is 7.84. The number of aromatic nitrogens is 3. The molecule has 6 nitrogen and oxygen atoms in total. The van der Waals surface area contributed by atoms with Crippen molar-refractivity contribution in [3.8, 4) is 22.0 Å². The third-order valence-electron chi connectivity index (χ3n) is 4.68. The molecule has 0 N–H and O–H groups in total. The molecule has 0 unspecified atom stereocenters. The number of ether oxygens (including phenoxy) is 1. The molecule has 2 heterocycles. The fourth-order valence-electron chi connectivity index (χ4n) is 2.95. The van der Waals surface area contributed by atoms with E-state index in [0.29, 0.717) is 16.5 Å². The summed E-state index contributed by atoms with van der Waals surface area (Å²) >= 11 is 1.32. The summed E-state index contributed by atoms with van der Waals surface area (Å²) in [5, 5.41) is 8.86. The maximum atomic E-state index is 12.7. The average Bonchev–Trinajstić information content (AvgIpc) is 3.42. The van der Waals surface area contributed by atoms with Crippen LogP contribution in [0.2, 0.25) is 0 Å². The molecule has 0 aliphatic heterocycles. The standard InChI is InChI=1S/C23H21N3O3S/c1-4-16-10-12-18(13-11-16)22-24-14(2)19(30-22)23(27)28-15(3)20-25-26-21(29-20)17-8-6-5-7-9-17/h5-13,15H,4H2,1-3H3/t15-/m0/s1. The first-order valence-corrected chi connectivity index (χ1v) is 10.5. The van der Waals surface area contributed by atoms with Crippen LogP contribution in [-0.4, -0.2) is 21.2 Å². The number of hydrogen-bond acceptors (Lipinski definition) is 7. The van der Waals surface area contributed by atoms with Crippen molar-refractivity contribution >= 4 is 17.3 Å². The van der Waals surface area contributed by atoms with E-state index >= 15 is 0 Å². The molecule has 4 aromatic rings. The Bertz CT molecular complexity index is 1150. The van der Waals surface area contributed by atoms with E-state index in [-0.39, 0.29) is 5.89 Å². The second kappa shape index (κ2) is 8.59. The van der Waals surface area contributed by atoms with Gasteiger partial charge in [-0.3, -0.25) is 0 Å². The minimum absolute atomic E-state index is 0.250. The molecule has 30 heavy (non-hydrogen) atoms. The summed E-state index contributed by atoms with van der Waals surface area (Å²) in [6, 6.07) is 17.7.